The van der Waals surface area contributed by atoms with Gasteiger partial charge in [0.2, 0.25) is 0 Å². The Labute approximate surface area is 107 Å². The summed E-state index contributed by atoms with van der Waals surface area (Å²) in [5, 5.41) is 3.22. The van der Waals surface area contributed by atoms with Crippen molar-refractivity contribution >= 4 is 11.5 Å². The number of methoxy groups -OCH3 is 1. The Morgan fingerprint density at radius 3 is 2.89 bits per heavy atom. The number of hydrogen-bond acceptors (Lipinski definition) is 4. The molecule has 0 spiro atoms. The van der Waals surface area contributed by atoms with E-state index in [1.165, 1.54) is 0 Å². The van der Waals surface area contributed by atoms with E-state index < -0.39 is 0 Å². The number of ether oxygens (including phenoxy) is 1. The second-order valence-electron chi connectivity index (χ2n) is 4.16. The fourth-order valence-electron chi connectivity index (χ4n) is 1.71. The molecule has 3 N–H and O–H groups in total. The molecule has 2 aromatic rings. The third kappa shape index (κ3) is 2.91. The van der Waals surface area contributed by atoms with Gasteiger partial charge in [0, 0.05) is 12.7 Å². The molecule has 0 unspecified atom stereocenters. The maximum absolute atomic E-state index is 5.89. The number of aromatic nitrogens is 1. The highest BCUT2D eigenvalue weighted by atomic mass is 16.5. The SMILES string of the molecule is COc1cccc(CNc2ncc(C)cc2N)c1. The molecule has 0 saturated carbocycles. The van der Waals surface area contributed by atoms with E-state index in [-0.39, 0.29) is 0 Å². The van der Waals surface area contributed by atoms with Crippen LogP contribution < -0.4 is 15.8 Å². The molecule has 0 amide bonds. The van der Waals surface area contributed by atoms with Gasteiger partial charge in [-0.1, -0.05) is 12.1 Å². The summed E-state index contributed by atoms with van der Waals surface area (Å²) in [7, 11) is 1.66. The first-order valence-electron chi connectivity index (χ1n) is 5.78. The van der Waals surface area contributed by atoms with Crippen LogP contribution in [-0.2, 0) is 6.54 Å². The van der Waals surface area contributed by atoms with Crippen LogP contribution in [0.3, 0.4) is 0 Å². The lowest BCUT2D eigenvalue weighted by Gasteiger charge is -2.09. The van der Waals surface area contributed by atoms with Gasteiger partial charge in [0.05, 0.1) is 12.8 Å². The summed E-state index contributed by atoms with van der Waals surface area (Å²) in [6.45, 7) is 2.63. The van der Waals surface area contributed by atoms with Crippen LogP contribution in [0.4, 0.5) is 11.5 Å². The molecule has 1 aromatic heterocycles. The Hall–Kier alpha value is -2.23. The van der Waals surface area contributed by atoms with Crippen molar-refractivity contribution < 1.29 is 4.74 Å². The van der Waals surface area contributed by atoms with Crippen molar-refractivity contribution in [3.63, 3.8) is 0 Å². The molecule has 1 heterocycles. The van der Waals surface area contributed by atoms with Gasteiger partial charge in [-0.25, -0.2) is 4.98 Å². The van der Waals surface area contributed by atoms with E-state index >= 15 is 0 Å². The zero-order valence-corrected chi connectivity index (χ0v) is 10.6. The smallest absolute Gasteiger partial charge is 0.149 e. The summed E-state index contributed by atoms with van der Waals surface area (Å²) >= 11 is 0. The quantitative estimate of drug-likeness (QED) is 0.866. The predicted octanol–water partition coefficient (Wildman–Crippen LogP) is 2.59. The van der Waals surface area contributed by atoms with Crippen molar-refractivity contribution in [1.82, 2.24) is 4.98 Å². The summed E-state index contributed by atoms with van der Waals surface area (Å²) in [6.07, 6.45) is 1.80. The summed E-state index contributed by atoms with van der Waals surface area (Å²) < 4.78 is 5.18. The van der Waals surface area contributed by atoms with Gasteiger partial charge in [-0.15, -0.1) is 0 Å². The second kappa shape index (κ2) is 5.40. The Morgan fingerprint density at radius 2 is 2.17 bits per heavy atom. The van der Waals surface area contributed by atoms with Crippen LogP contribution in [0.5, 0.6) is 5.75 Å². The molecular formula is C14H17N3O. The van der Waals surface area contributed by atoms with Crippen LogP contribution in [0.25, 0.3) is 0 Å². The van der Waals surface area contributed by atoms with E-state index in [2.05, 4.69) is 10.3 Å². The minimum absolute atomic E-state index is 0.664. The molecule has 4 nitrogen and oxygen atoms in total. The average Bonchev–Trinajstić information content (AvgIpc) is 2.38. The van der Waals surface area contributed by atoms with E-state index in [9.17, 15) is 0 Å². The molecule has 94 valence electrons. The number of nitrogen functional groups attached to an aromatic ring is 1. The van der Waals surface area contributed by atoms with Crippen LogP contribution in [0.2, 0.25) is 0 Å². The number of pyridine rings is 1. The van der Waals surface area contributed by atoms with Crippen molar-refractivity contribution in [3.05, 3.63) is 47.7 Å². The molecule has 2 rings (SSSR count). The highest BCUT2D eigenvalue weighted by molar-refractivity contribution is 5.61. The van der Waals surface area contributed by atoms with E-state index in [4.69, 9.17) is 10.5 Å². The zero-order chi connectivity index (χ0) is 13.0. The lowest BCUT2D eigenvalue weighted by Crippen LogP contribution is -2.04. The number of benzene rings is 1. The maximum atomic E-state index is 5.89. The van der Waals surface area contributed by atoms with Crippen LogP contribution in [-0.4, -0.2) is 12.1 Å². The summed E-state index contributed by atoms with van der Waals surface area (Å²) in [4.78, 5) is 4.27. The van der Waals surface area contributed by atoms with Crippen molar-refractivity contribution in [1.29, 1.82) is 0 Å². The number of nitrogens with one attached hydrogen (secondary N) is 1. The topological polar surface area (TPSA) is 60.2 Å². The molecule has 0 bridgehead atoms. The second-order valence-corrected chi connectivity index (χ2v) is 4.16. The van der Waals surface area contributed by atoms with Gasteiger partial charge in [-0.3, -0.25) is 0 Å². The minimum Gasteiger partial charge on any atom is -0.497 e. The molecular weight excluding hydrogens is 226 g/mol. The normalized spacial score (nSPS) is 10.1. The minimum atomic E-state index is 0.664. The number of hydrogen-bond donors (Lipinski definition) is 2. The first kappa shape index (κ1) is 12.2. The highest BCUT2D eigenvalue weighted by Gasteiger charge is 2.01. The maximum Gasteiger partial charge on any atom is 0.149 e. The molecule has 0 radical (unpaired) electrons. The van der Waals surface area contributed by atoms with Crippen molar-refractivity contribution in [3.8, 4) is 5.75 Å². The van der Waals surface area contributed by atoms with Gasteiger partial charge in [-0.05, 0) is 36.2 Å². The van der Waals surface area contributed by atoms with Gasteiger partial charge >= 0.3 is 0 Å². The van der Waals surface area contributed by atoms with Crippen molar-refractivity contribution in [2.75, 3.05) is 18.2 Å². The number of rotatable bonds is 4. The summed E-state index contributed by atoms with van der Waals surface area (Å²) in [5.74, 6) is 1.56. The van der Waals surface area contributed by atoms with E-state index in [0.29, 0.717) is 18.1 Å². The van der Waals surface area contributed by atoms with Crippen LogP contribution >= 0.6 is 0 Å². The molecule has 18 heavy (non-hydrogen) atoms. The average molecular weight is 243 g/mol. The van der Waals surface area contributed by atoms with Crippen molar-refractivity contribution in [2.45, 2.75) is 13.5 Å². The lowest BCUT2D eigenvalue weighted by molar-refractivity contribution is 0.414. The molecule has 0 fully saturated rings. The Kier molecular flexibility index (Phi) is 3.67. The third-order valence-electron chi connectivity index (χ3n) is 2.65. The highest BCUT2D eigenvalue weighted by Crippen LogP contribution is 2.18. The molecule has 0 atom stereocenters. The first-order valence-corrected chi connectivity index (χ1v) is 5.78. The van der Waals surface area contributed by atoms with Crippen LogP contribution in [0, 0.1) is 6.92 Å². The van der Waals surface area contributed by atoms with Gasteiger partial charge in [0.15, 0.2) is 0 Å². The molecule has 4 heteroatoms. The Balaban J connectivity index is 2.06. The van der Waals surface area contributed by atoms with E-state index in [1.807, 2.05) is 37.3 Å². The summed E-state index contributed by atoms with van der Waals surface area (Å²) in [5.41, 5.74) is 8.73. The molecule has 0 aliphatic carbocycles. The van der Waals surface area contributed by atoms with E-state index in [0.717, 1.165) is 16.9 Å². The van der Waals surface area contributed by atoms with Crippen LogP contribution in [0.1, 0.15) is 11.1 Å². The first-order chi connectivity index (χ1) is 8.69. The monoisotopic (exact) mass is 243 g/mol. The van der Waals surface area contributed by atoms with Gasteiger partial charge in [0.25, 0.3) is 0 Å². The predicted molar refractivity (Wildman–Crippen MR) is 73.7 cm³/mol. The molecule has 0 aliphatic rings. The Bertz CT molecular complexity index is 540. The molecule has 1 aromatic carbocycles. The fraction of sp³-hybridized carbons (Fsp3) is 0.214. The number of nitrogens with two attached hydrogens (primary N) is 1. The van der Waals surface area contributed by atoms with Crippen molar-refractivity contribution in [2.24, 2.45) is 0 Å². The Morgan fingerprint density at radius 1 is 1.33 bits per heavy atom. The van der Waals surface area contributed by atoms with E-state index in [1.54, 1.807) is 13.3 Å². The van der Waals surface area contributed by atoms with Gasteiger partial charge < -0.3 is 15.8 Å². The standard InChI is InChI=1S/C14H17N3O/c1-10-6-13(15)14(16-8-10)17-9-11-4-3-5-12(7-11)18-2/h3-8H,9,15H2,1-2H3,(H,16,17). The van der Waals surface area contributed by atoms with Gasteiger partial charge in [-0.2, -0.15) is 0 Å². The number of anilines is 2. The zero-order valence-electron chi connectivity index (χ0n) is 10.6. The third-order valence-corrected chi connectivity index (χ3v) is 2.65. The number of nitrogens with zero attached hydrogens (tertiary/aromatic N) is 1. The van der Waals surface area contributed by atoms with Gasteiger partial charge in [0.1, 0.15) is 11.6 Å². The molecule has 0 aliphatic heterocycles. The summed E-state index contributed by atoms with van der Waals surface area (Å²) in [6, 6.07) is 9.79. The number of aryl methyl sites for hydroxylation is 1. The van der Waals surface area contributed by atoms with Crippen LogP contribution in [0.15, 0.2) is 36.5 Å². The lowest BCUT2D eigenvalue weighted by atomic mass is 10.2. The molecule has 0 saturated heterocycles. The largest absolute Gasteiger partial charge is 0.497 e. The fourth-order valence-corrected chi connectivity index (χ4v) is 1.71.